The molecule has 0 spiro atoms. The van der Waals surface area contributed by atoms with Gasteiger partial charge in [0.25, 0.3) is 0 Å². The van der Waals surface area contributed by atoms with Crippen molar-refractivity contribution in [3.63, 3.8) is 0 Å². The van der Waals surface area contributed by atoms with Gasteiger partial charge in [-0.2, -0.15) is 0 Å². The predicted octanol–water partition coefficient (Wildman–Crippen LogP) is 2.92. The highest BCUT2D eigenvalue weighted by atomic mass is 35.5. The normalized spacial score (nSPS) is 11.0. The average Bonchev–Trinajstić information content (AvgIpc) is 2.50. The predicted molar refractivity (Wildman–Crippen MR) is 90.4 cm³/mol. The minimum Gasteiger partial charge on any atom is -0.423 e. The summed E-state index contributed by atoms with van der Waals surface area (Å²) in [6, 6.07) is 8.20. The van der Waals surface area contributed by atoms with Crippen LogP contribution in [0.15, 0.2) is 39.5 Å². The quantitative estimate of drug-likeness (QED) is 0.828. The van der Waals surface area contributed by atoms with Gasteiger partial charge >= 0.3 is 5.63 Å². The number of nitrogens with two attached hydrogens (primary N) is 1. The standard InChI is InChI=1S/C16H20N2O3.ClH/c1-3-16(4-2,10-17)15(20)18-12-6-7-13-11(9-12)5-8-14(19)21-13;/h5-9H,3-4,10,17H2,1-2H3,(H,18,20);1H. The molecule has 120 valence electrons. The van der Waals surface area contributed by atoms with Gasteiger partial charge < -0.3 is 15.5 Å². The molecule has 6 heteroatoms. The molecule has 0 radical (unpaired) electrons. The van der Waals surface area contributed by atoms with Crippen LogP contribution in [0.1, 0.15) is 26.7 Å². The van der Waals surface area contributed by atoms with Gasteiger partial charge in [-0.1, -0.05) is 13.8 Å². The summed E-state index contributed by atoms with van der Waals surface area (Å²) < 4.78 is 5.06. The molecular weight excluding hydrogens is 304 g/mol. The summed E-state index contributed by atoms with van der Waals surface area (Å²) in [6.45, 7) is 4.24. The summed E-state index contributed by atoms with van der Waals surface area (Å²) in [7, 11) is 0. The van der Waals surface area contributed by atoms with E-state index in [1.807, 2.05) is 13.8 Å². The van der Waals surface area contributed by atoms with Crippen LogP contribution in [-0.2, 0) is 4.79 Å². The fourth-order valence-electron chi connectivity index (χ4n) is 2.37. The van der Waals surface area contributed by atoms with E-state index in [9.17, 15) is 9.59 Å². The molecule has 0 aliphatic rings. The van der Waals surface area contributed by atoms with E-state index in [0.29, 0.717) is 30.7 Å². The Labute approximate surface area is 135 Å². The van der Waals surface area contributed by atoms with Crippen molar-refractivity contribution in [2.45, 2.75) is 26.7 Å². The topological polar surface area (TPSA) is 85.3 Å². The second-order valence-electron chi connectivity index (χ2n) is 5.15. The molecule has 2 rings (SSSR count). The molecule has 0 atom stereocenters. The lowest BCUT2D eigenvalue weighted by Gasteiger charge is -2.28. The number of carbonyl (C=O) groups excluding carboxylic acids is 1. The molecular formula is C16H21ClN2O3. The van der Waals surface area contributed by atoms with Crippen LogP contribution < -0.4 is 16.7 Å². The third kappa shape index (κ3) is 3.48. The second-order valence-corrected chi connectivity index (χ2v) is 5.15. The maximum absolute atomic E-state index is 12.5. The molecule has 22 heavy (non-hydrogen) atoms. The zero-order valence-corrected chi connectivity index (χ0v) is 13.5. The smallest absolute Gasteiger partial charge is 0.336 e. The minimum atomic E-state index is -0.543. The molecule has 1 amide bonds. The number of halogens is 1. The van der Waals surface area contributed by atoms with E-state index in [0.717, 1.165) is 5.39 Å². The lowest BCUT2D eigenvalue weighted by Crippen LogP contribution is -2.41. The Hall–Kier alpha value is -1.85. The number of carbonyl (C=O) groups is 1. The van der Waals surface area contributed by atoms with Gasteiger partial charge in [-0.05, 0) is 37.1 Å². The second kappa shape index (κ2) is 7.42. The van der Waals surface area contributed by atoms with Crippen molar-refractivity contribution in [1.29, 1.82) is 0 Å². The fraction of sp³-hybridized carbons (Fsp3) is 0.375. The van der Waals surface area contributed by atoms with E-state index in [2.05, 4.69) is 5.32 Å². The van der Waals surface area contributed by atoms with Gasteiger partial charge in [-0.3, -0.25) is 4.79 Å². The van der Waals surface area contributed by atoms with Gasteiger partial charge in [-0.15, -0.1) is 12.4 Å². The van der Waals surface area contributed by atoms with Crippen LogP contribution in [-0.4, -0.2) is 12.5 Å². The van der Waals surface area contributed by atoms with Crippen LogP contribution in [0.5, 0.6) is 0 Å². The van der Waals surface area contributed by atoms with Crippen molar-refractivity contribution in [3.8, 4) is 0 Å². The molecule has 0 fully saturated rings. The maximum atomic E-state index is 12.5. The molecule has 0 aliphatic heterocycles. The van der Waals surface area contributed by atoms with Gasteiger partial charge in [0.05, 0.1) is 5.41 Å². The van der Waals surface area contributed by atoms with Crippen molar-refractivity contribution < 1.29 is 9.21 Å². The van der Waals surface area contributed by atoms with Gasteiger partial charge in [0, 0.05) is 23.7 Å². The van der Waals surface area contributed by atoms with E-state index in [4.69, 9.17) is 10.2 Å². The van der Waals surface area contributed by atoms with Crippen LogP contribution in [0.3, 0.4) is 0 Å². The number of nitrogens with one attached hydrogen (secondary N) is 1. The Bertz CT molecular complexity index is 700. The summed E-state index contributed by atoms with van der Waals surface area (Å²) in [5, 5.41) is 3.67. The first kappa shape index (κ1) is 18.2. The summed E-state index contributed by atoms with van der Waals surface area (Å²) in [6.07, 6.45) is 1.38. The first-order chi connectivity index (χ1) is 10.0. The van der Waals surface area contributed by atoms with Crippen LogP contribution in [0.2, 0.25) is 0 Å². The summed E-state index contributed by atoms with van der Waals surface area (Å²) in [5.74, 6) is -0.0771. The van der Waals surface area contributed by atoms with Crippen molar-refractivity contribution in [3.05, 3.63) is 40.8 Å². The number of amides is 1. The summed E-state index contributed by atoms with van der Waals surface area (Å²) in [5.41, 5.74) is 6.01. The molecule has 0 saturated carbocycles. The number of anilines is 1. The molecule has 3 N–H and O–H groups in total. The lowest BCUT2D eigenvalue weighted by atomic mass is 9.81. The van der Waals surface area contributed by atoms with Crippen molar-refractivity contribution in [2.24, 2.45) is 11.1 Å². The number of benzene rings is 1. The zero-order valence-electron chi connectivity index (χ0n) is 12.7. The average molecular weight is 325 g/mol. The number of rotatable bonds is 5. The van der Waals surface area contributed by atoms with Crippen molar-refractivity contribution in [1.82, 2.24) is 0 Å². The third-order valence-corrected chi connectivity index (χ3v) is 4.10. The minimum absolute atomic E-state index is 0. The van der Waals surface area contributed by atoms with Crippen LogP contribution >= 0.6 is 12.4 Å². The van der Waals surface area contributed by atoms with E-state index >= 15 is 0 Å². The molecule has 1 heterocycles. The highest BCUT2D eigenvalue weighted by molar-refractivity contribution is 5.97. The fourth-order valence-corrected chi connectivity index (χ4v) is 2.37. The maximum Gasteiger partial charge on any atom is 0.336 e. The number of fused-ring (bicyclic) bond motifs is 1. The largest absolute Gasteiger partial charge is 0.423 e. The number of hydrogen-bond donors (Lipinski definition) is 2. The van der Waals surface area contributed by atoms with E-state index < -0.39 is 11.0 Å². The SMILES string of the molecule is CCC(CC)(CN)C(=O)Nc1ccc2oc(=O)ccc2c1.Cl. The monoisotopic (exact) mass is 324 g/mol. The van der Waals surface area contributed by atoms with Crippen LogP contribution in [0.25, 0.3) is 11.0 Å². The van der Waals surface area contributed by atoms with Gasteiger partial charge in [-0.25, -0.2) is 4.79 Å². The molecule has 0 saturated heterocycles. The van der Waals surface area contributed by atoms with Crippen molar-refractivity contribution >= 4 is 35.0 Å². The Balaban J connectivity index is 0.00000242. The molecule has 1 aromatic carbocycles. The molecule has 0 unspecified atom stereocenters. The number of hydrogen-bond acceptors (Lipinski definition) is 4. The Kier molecular flexibility index (Phi) is 6.14. The molecule has 2 aromatic rings. The highest BCUT2D eigenvalue weighted by Gasteiger charge is 2.33. The van der Waals surface area contributed by atoms with Crippen molar-refractivity contribution in [2.75, 3.05) is 11.9 Å². The third-order valence-electron chi connectivity index (χ3n) is 4.10. The highest BCUT2D eigenvalue weighted by Crippen LogP contribution is 2.27. The Morgan fingerprint density at radius 3 is 2.50 bits per heavy atom. The zero-order chi connectivity index (χ0) is 15.5. The first-order valence-corrected chi connectivity index (χ1v) is 7.10. The van der Waals surface area contributed by atoms with E-state index in [1.54, 1.807) is 24.3 Å². The van der Waals surface area contributed by atoms with E-state index in [1.165, 1.54) is 6.07 Å². The molecule has 0 aliphatic carbocycles. The summed E-state index contributed by atoms with van der Waals surface area (Å²) in [4.78, 5) is 23.6. The molecule has 0 bridgehead atoms. The molecule has 5 nitrogen and oxygen atoms in total. The van der Waals surface area contributed by atoms with Gasteiger partial charge in [0.2, 0.25) is 5.91 Å². The molecule has 1 aromatic heterocycles. The van der Waals surface area contributed by atoms with E-state index in [-0.39, 0.29) is 18.3 Å². The van der Waals surface area contributed by atoms with Gasteiger partial charge in [0.15, 0.2) is 0 Å². The lowest BCUT2D eigenvalue weighted by molar-refractivity contribution is -0.125. The Morgan fingerprint density at radius 2 is 1.91 bits per heavy atom. The first-order valence-electron chi connectivity index (χ1n) is 7.10. The summed E-state index contributed by atoms with van der Waals surface area (Å²) >= 11 is 0. The Morgan fingerprint density at radius 1 is 1.23 bits per heavy atom. The van der Waals surface area contributed by atoms with Crippen LogP contribution in [0, 0.1) is 5.41 Å². The van der Waals surface area contributed by atoms with Gasteiger partial charge in [0.1, 0.15) is 5.58 Å². The van der Waals surface area contributed by atoms with Crippen LogP contribution in [0.4, 0.5) is 5.69 Å².